The number of hydrogen-bond acceptors (Lipinski definition) is 4. The zero-order valence-electron chi connectivity index (χ0n) is 11.8. The van der Waals surface area contributed by atoms with E-state index in [4.69, 9.17) is 26.7 Å². The van der Waals surface area contributed by atoms with E-state index in [0.717, 1.165) is 5.56 Å². The first kappa shape index (κ1) is 16.7. The molecule has 1 aromatic carbocycles. The van der Waals surface area contributed by atoms with E-state index in [0.29, 0.717) is 19.6 Å². The molecule has 1 aliphatic carbocycles. The van der Waals surface area contributed by atoms with Gasteiger partial charge in [0, 0.05) is 12.5 Å². The number of hydrogen-bond donors (Lipinski definition) is 3. The SMILES string of the molecule is O=C(O)C(NCl)C1C(CCOCc2ccccc2)C1C(=O)O. The summed E-state index contributed by atoms with van der Waals surface area (Å²) in [5, 5.41) is 18.2. The van der Waals surface area contributed by atoms with E-state index in [1.54, 1.807) is 0 Å². The molecule has 2 rings (SSSR count). The van der Waals surface area contributed by atoms with Crippen molar-refractivity contribution in [1.82, 2.24) is 4.84 Å². The van der Waals surface area contributed by atoms with E-state index in [2.05, 4.69) is 4.84 Å². The lowest BCUT2D eigenvalue weighted by Gasteiger charge is -2.09. The van der Waals surface area contributed by atoms with Gasteiger partial charge in [-0.3, -0.25) is 9.59 Å². The Bertz CT molecular complexity index is 524. The Hall–Kier alpha value is -1.63. The first-order valence-electron chi connectivity index (χ1n) is 6.99. The molecule has 0 aliphatic heterocycles. The Balaban J connectivity index is 1.81. The van der Waals surface area contributed by atoms with Gasteiger partial charge in [0.15, 0.2) is 0 Å². The smallest absolute Gasteiger partial charge is 0.322 e. The molecular formula is C15H18ClNO5. The van der Waals surface area contributed by atoms with E-state index in [1.807, 2.05) is 30.3 Å². The van der Waals surface area contributed by atoms with Gasteiger partial charge in [0.1, 0.15) is 6.04 Å². The minimum absolute atomic E-state index is 0.236. The topological polar surface area (TPSA) is 95.9 Å². The fourth-order valence-corrected chi connectivity index (χ4v) is 3.08. The van der Waals surface area contributed by atoms with E-state index >= 15 is 0 Å². The van der Waals surface area contributed by atoms with Gasteiger partial charge in [0.05, 0.1) is 12.5 Å². The summed E-state index contributed by atoms with van der Waals surface area (Å²) in [6.07, 6.45) is 0.497. The first-order valence-corrected chi connectivity index (χ1v) is 7.37. The maximum Gasteiger partial charge on any atom is 0.322 e. The summed E-state index contributed by atoms with van der Waals surface area (Å²) in [5.74, 6) is -3.56. The highest BCUT2D eigenvalue weighted by molar-refractivity contribution is 6.15. The molecule has 0 amide bonds. The molecule has 4 unspecified atom stereocenters. The predicted octanol–water partition coefficient (Wildman–Crippen LogP) is 1.74. The van der Waals surface area contributed by atoms with Crippen LogP contribution in [0.25, 0.3) is 0 Å². The van der Waals surface area contributed by atoms with Crippen LogP contribution in [0.1, 0.15) is 12.0 Å². The Morgan fingerprint density at radius 2 is 1.95 bits per heavy atom. The minimum Gasteiger partial charge on any atom is -0.481 e. The highest BCUT2D eigenvalue weighted by atomic mass is 35.5. The number of rotatable bonds is 9. The molecule has 1 fully saturated rings. The molecule has 3 N–H and O–H groups in total. The van der Waals surface area contributed by atoms with Gasteiger partial charge < -0.3 is 14.9 Å². The molecule has 0 bridgehead atoms. The second-order valence-electron chi connectivity index (χ2n) is 5.36. The summed E-state index contributed by atoms with van der Waals surface area (Å²) >= 11 is 5.42. The molecule has 4 atom stereocenters. The Labute approximate surface area is 133 Å². The Morgan fingerprint density at radius 1 is 1.27 bits per heavy atom. The maximum absolute atomic E-state index is 11.2. The van der Waals surface area contributed by atoms with Crippen LogP contribution in [0.5, 0.6) is 0 Å². The number of halogens is 1. The van der Waals surface area contributed by atoms with Gasteiger partial charge in [-0.05, 0) is 29.7 Å². The lowest BCUT2D eigenvalue weighted by molar-refractivity contribution is -0.140. The number of carboxylic acid groups (broad SMARTS) is 2. The summed E-state index contributed by atoms with van der Waals surface area (Å²) in [5.41, 5.74) is 1.04. The molecule has 1 saturated carbocycles. The summed E-state index contributed by atoms with van der Waals surface area (Å²) in [7, 11) is 0. The second kappa shape index (κ2) is 7.58. The zero-order chi connectivity index (χ0) is 16.1. The van der Waals surface area contributed by atoms with Gasteiger partial charge in [-0.25, -0.2) is 4.84 Å². The molecule has 120 valence electrons. The molecular weight excluding hydrogens is 310 g/mol. The summed E-state index contributed by atoms with van der Waals surface area (Å²) in [6.45, 7) is 0.834. The van der Waals surface area contributed by atoms with Crippen molar-refractivity contribution in [2.45, 2.75) is 19.1 Å². The Kier molecular flexibility index (Phi) is 5.76. The third kappa shape index (κ3) is 3.97. The molecule has 1 aliphatic rings. The molecule has 0 spiro atoms. The van der Waals surface area contributed by atoms with Crippen molar-refractivity contribution in [2.24, 2.45) is 17.8 Å². The lowest BCUT2D eigenvalue weighted by Crippen LogP contribution is -2.34. The van der Waals surface area contributed by atoms with Gasteiger partial charge in [-0.1, -0.05) is 30.3 Å². The third-order valence-corrected chi connectivity index (χ3v) is 4.23. The lowest BCUT2D eigenvalue weighted by atomic mass is 10.1. The molecule has 6 nitrogen and oxygen atoms in total. The summed E-state index contributed by atoms with van der Waals surface area (Å²) in [6, 6.07) is 8.58. The molecule has 7 heteroatoms. The first-order chi connectivity index (χ1) is 10.6. The number of benzene rings is 1. The average Bonchev–Trinajstić information content (AvgIpc) is 3.19. The van der Waals surface area contributed by atoms with Gasteiger partial charge in [0.2, 0.25) is 0 Å². The van der Waals surface area contributed by atoms with E-state index in [-0.39, 0.29) is 5.92 Å². The van der Waals surface area contributed by atoms with Crippen LogP contribution < -0.4 is 4.84 Å². The van der Waals surface area contributed by atoms with Crippen molar-refractivity contribution < 1.29 is 24.5 Å². The van der Waals surface area contributed by atoms with E-state index < -0.39 is 29.8 Å². The van der Waals surface area contributed by atoms with Crippen LogP contribution in [0, 0.1) is 17.8 Å². The number of ether oxygens (including phenoxy) is 1. The molecule has 0 saturated heterocycles. The Morgan fingerprint density at radius 3 is 2.50 bits per heavy atom. The fraction of sp³-hybridized carbons (Fsp3) is 0.467. The third-order valence-electron chi connectivity index (χ3n) is 3.99. The van der Waals surface area contributed by atoms with Crippen molar-refractivity contribution in [1.29, 1.82) is 0 Å². The van der Waals surface area contributed by atoms with E-state index in [1.165, 1.54) is 0 Å². The van der Waals surface area contributed by atoms with Crippen LogP contribution in [-0.4, -0.2) is 34.8 Å². The second-order valence-corrected chi connectivity index (χ2v) is 5.58. The quantitative estimate of drug-likeness (QED) is 0.472. The maximum atomic E-state index is 11.2. The molecule has 0 aromatic heterocycles. The molecule has 22 heavy (non-hydrogen) atoms. The number of nitrogens with one attached hydrogen (secondary N) is 1. The van der Waals surface area contributed by atoms with Crippen molar-refractivity contribution in [2.75, 3.05) is 6.61 Å². The highest BCUT2D eigenvalue weighted by Gasteiger charge is 2.59. The van der Waals surface area contributed by atoms with Gasteiger partial charge in [-0.2, -0.15) is 0 Å². The van der Waals surface area contributed by atoms with Crippen LogP contribution in [0.2, 0.25) is 0 Å². The van der Waals surface area contributed by atoms with Crippen molar-refractivity contribution in [3.05, 3.63) is 35.9 Å². The van der Waals surface area contributed by atoms with Gasteiger partial charge in [0.25, 0.3) is 0 Å². The average molecular weight is 328 g/mol. The van der Waals surface area contributed by atoms with Crippen LogP contribution in [0.15, 0.2) is 30.3 Å². The van der Waals surface area contributed by atoms with Crippen molar-refractivity contribution in [3.63, 3.8) is 0 Å². The van der Waals surface area contributed by atoms with Crippen LogP contribution in [0.4, 0.5) is 0 Å². The van der Waals surface area contributed by atoms with Crippen molar-refractivity contribution >= 4 is 23.7 Å². The largest absolute Gasteiger partial charge is 0.481 e. The minimum atomic E-state index is -1.14. The van der Waals surface area contributed by atoms with Crippen molar-refractivity contribution in [3.8, 4) is 0 Å². The summed E-state index contributed by atoms with van der Waals surface area (Å²) in [4.78, 5) is 24.4. The van der Waals surface area contributed by atoms with E-state index in [9.17, 15) is 9.59 Å². The van der Waals surface area contributed by atoms with Crippen LogP contribution in [0.3, 0.4) is 0 Å². The van der Waals surface area contributed by atoms with Gasteiger partial charge >= 0.3 is 11.9 Å². The zero-order valence-corrected chi connectivity index (χ0v) is 12.6. The number of aliphatic carboxylic acids is 2. The summed E-state index contributed by atoms with van der Waals surface area (Å²) < 4.78 is 5.53. The molecule has 0 heterocycles. The standard InChI is InChI=1S/C15H18ClNO5/c16-17-13(15(20)21)11-10(12(11)14(18)19)6-7-22-8-9-4-2-1-3-5-9/h1-5,10-13,17H,6-8H2,(H,18,19)(H,20,21). The predicted molar refractivity (Wildman–Crippen MR) is 79.2 cm³/mol. The highest BCUT2D eigenvalue weighted by Crippen LogP contribution is 2.51. The fourth-order valence-electron chi connectivity index (χ4n) is 2.84. The van der Waals surface area contributed by atoms with Crippen LogP contribution >= 0.6 is 11.8 Å². The van der Waals surface area contributed by atoms with Gasteiger partial charge in [-0.15, -0.1) is 0 Å². The molecule has 0 radical (unpaired) electrons. The monoisotopic (exact) mass is 327 g/mol. The normalized spacial score (nSPS) is 24.7. The van der Waals surface area contributed by atoms with Crippen LogP contribution in [-0.2, 0) is 20.9 Å². The number of carbonyl (C=O) groups is 2. The number of carboxylic acids is 2. The molecule has 1 aromatic rings.